The van der Waals surface area contributed by atoms with Gasteiger partial charge >= 0.3 is 0 Å². The predicted molar refractivity (Wildman–Crippen MR) is 100 cm³/mol. The second-order valence-electron chi connectivity index (χ2n) is 6.70. The molecule has 1 fully saturated rings. The lowest BCUT2D eigenvalue weighted by Gasteiger charge is -2.21. The molecule has 0 aliphatic carbocycles. The molecule has 2 aliphatic rings. The molecule has 0 spiro atoms. The summed E-state index contributed by atoms with van der Waals surface area (Å²) in [5.74, 6) is 2.88. The number of fused-ring (bicyclic) bond motifs is 1. The molecule has 0 radical (unpaired) electrons. The molecule has 2 heterocycles. The Kier molecular flexibility index (Phi) is 6.13. The van der Waals surface area contributed by atoms with Crippen LogP contribution in [0.5, 0.6) is 0 Å². The summed E-state index contributed by atoms with van der Waals surface area (Å²) < 4.78 is 0. The highest BCUT2D eigenvalue weighted by molar-refractivity contribution is 7.99. The van der Waals surface area contributed by atoms with E-state index in [-0.39, 0.29) is 30.4 Å². The van der Waals surface area contributed by atoms with Gasteiger partial charge in [-0.2, -0.15) is 11.8 Å². The van der Waals surface area contributed by atoms with E-state index in [1.165, 1.54) is 11.5 Å². The third kappa shape index (κ3) is 5.08. The zero-order chi connectivity index (χ0) is 17.6. The van der Waals surface area contributed by atoms with Gasteiger partial charge in [0.2, 0.25) is 11.8 Å². The fourth-order valence-electron chi connectivity index (χ4n) is 3.23. The number of carbonyl (C=O) groups excluding carboxylic acids is 3. The molecule has 0 aromatic heterocycles. The number of anilines is 1. The van der Waals surface area contributed by atoms with Crippen LogP contribution in [0, 0.1) is 5.92 Å². The number of hydrogen-bond donors (Lipinski definition) is 2. The average Bonchev–Trinajstić information content (AvgIpc) is 2.64. The largest absolute Gasteiger partial charge is 0.356 e. The highest BCUT2D eigenvalue weighted by Gasteiger charge is 2.18. The maximum Gasteiger partial charge on any atom is 0.224 e. The molecule has 1 aromatic carbocycles. The molecule has 0 saturated carbocycles. The van der Waals surface area contributed by atoms with Gasteiger partial charge in [-0.15, -0.1) is 0 Å². The van der Waals surface area contributed by atoms with E-state index in [1.807, 2.05) is 17.8 Å². The van der Waals surface area contributed by atoms with Crippen molar-refractivity contribution >= 4 is 35.0 Å². The summed E-state index contributed by atoms with van der Waals surface area (Å²) in [6.45, 7) is 0.728. The van der Waals surface area contributed by atoms with E-state index in [2.05, 4.69) is 10.6 Å². The van der Waals surface area contributed by atoms with Gasteiger partial charge in [0, 0.05) is 37.1 Å². The summed E-state index contributed by atoms with van der Waals surface area (Å²) in [5, 5.41) is 5.77. The number of benzene rings is 1. The molecule has 0 unspecified atom stereocenters. The van der Waals surface area contributed by atoms with Gasteiger partial charge in [0.25, 0.3) is 0 Å². The predicted octanol–water partition coefficient (Wildman–Crippen LogP) is 2.79. The van der Waals surface area contributed by atoms with Crippen LogP contribution in [0.3, 0.4) is 0 Å². The molecule has 2 aliphatic heterocycles. The van der Waals surface area contributed by atoms with Crippen molar-refractivity contribution in [3.05, 3.63) is 29.3 Å². The van der Waals surface area contributed by atoms with Crippen LogP contribution in [0.2, 0.25) is 0 Å². The van der Waals surface area contributed by atoms with Crippen LogP contribution in [0.15, 0.2) is 18.2 Å². The van der Waals surface area contributed by atoms with Crippen LogP contribution in [0.25, 0.3) is 0 Å². The number of nitrogens with one attached hydrogen (secondary N) is 2. The normalized spacial score (nSPS) is 17.5. The summed E-state index contributed by atoms with van der Waals surface area (Å²) in [7, 11) is 0. The lowest BCUT2D eigenvalue weighted by Crippen LogP contribution is -2.31. The molecule has 1 aromatic rings. The number of rotatable bonds is 6. The van der Waals surface area contributed by atoms with Crippen LogP contribution >= 0.6 is 11.8 Å². The van der Waals surface area contributed by atoms with Gasteiger partial charge in [-0.05, 0) is 60.4 Å². The van der Waals surface area contributed by atoms with Crippen molar-refractivity contribution in [2.24, 2.45) is 5.92 Å². The Morgan fingerprint density at radius 2 is 1.96 bits per heavy atom. The first-order valence-corrected chi connectivity index (χ1v) is 10.1. The van der Waals surface area contributed by atoms with Crippen LogP contribution in [0.4, 0.5) is 5.69 Å². The maximum absolute atomic E-state index is 12.3. The first kappa shape index (κ1) is 18.0. The third-order valence-corrected chi connectivity index (χ3v) is 5.88. The van der Waals surface area contributed by atoms with Crippen LogP contribution in [0.1, 0.15) is 48.0 Å². The van der Waals surface area contributed by atoms with Gasteiger partial charge < -0.3 is 10.6 Å². The summed E-state index contributed by atoms with van der Waals surface area (Å²) >= 11 is 1.97. The topological polar surface area (TPSA) is 75.3 Å². The molecule has 1 saturated heterocycles. The minimum atomic E-state index is -0.0446. The zero-order valence-electron chi connectivity index (χ0n) is 14.3. The van der Waals surface area contributed by atoms with Crippen molar-refractivity contribution in [3.63, 3.8) is 0 Å². The van der Waals surface area contributed by atoms with Crippen molar-refractivity contribution in [3.8, 4) is 0 Å². The van der Waals surface area contributed by atoms with Crippen LogP contribution in [-0.2, 0) is 16.0 Å². The van der Waals surface area contributed by atoms with Crippen molar-refractivity contribution in [1.82, 2.24) is 5.32 Å². The molecule has 25 heavy (non-hydrogen) atoms. The Labute approximate surface area is 152 Å². The summed E-state index contributed by atoms with van der Waals surface area (Å²) in [4.78, 5) is 35.7. The first-order valence-electron chi connectivity index (χ1n) is 8.92. The van der Waals surface area contributed by atoms with E-state index in [9.17, 15) is 14.4 Å². The quantitative estimate of drug-likeness (QED) is 0.765. The van der Waals surface area contributed by atoms with Crippen LogP contribution < -0.4 is 10.6 Å². The van der Waals surface area contributed by atoms with E-state index >= 15 is 0 Å². The van der Waals surface area contributed by atoms with Gasteiger partial charge in [-0.1, -0.05) is 0 Å². The Morgan fingerprint density at radius 1 is 1.16 bits per heavy atom. The van der Waals surface area contributed by atoms with Gasteiger partial charge in [0.1, 0.15) is 0 Å². The summed E-state index contributed by atoms with van der Waals surface area (Å²) in [6.07, 6.45) is 3.88. The van der Waals surface area contributed by atoms with E-state index in [0.717, 1.165) is 30.6 Å². The molecular formula is C19H24N2O3S. The Hall–Kier alpha value is -1.82. The molecular weight excluding hydrogens is 336 g/mol. The molecule has 0 bridgehead atoms. The molecule has 134 valence electrons. The fourth-order valence-corrected chi connectivity index (χ4v) is 4.43. The monoisotopic (exact) mass is 360 g/mol. The number of aryl methyl sites for hydroxylation is 1. The zero-order valence-corrected chi connectivity index (χ0v) is 15.1. The Balaban J connectivity index is 1.45. The lowest BCUT2D eigenvalue weighted by atomic mass is 9.97. The maximum atomic E-state index is 12.3. The highest BCUT2D eigenvalue weighted by atomic mass is 32.2. The minimum Gasteiger partial charge on any atom is -0.356 e. The SMILES string of the molecule is O=C(CCC(=O)c1ccc2c(c1)CCC(=O)N2)NCC1CCSCC1. The first-order chi connectivity index (χ1) is 12.1. The Morgan fingerprint density at radius 3 is 2.76 bits per heavy atom. The standard InChI is InChI=1S/C19H24N2O3S/c22-17(4-6-18(23)20-12-13-7-9-25-10-8-13)15-1-3-16-14(11-15)2-5-19(24)21-16/h1,3,11,13H,2,4-10,12H2,(H,20,23)(H,21,24). The second-order valence-corrected chi connectivity index (χ2v) is 7.93. The number of amides is 2. The molecule has 5 nitrogen and oxygen atoms in total. The lowest BCUT2D eigenvalue weighted by molar-refractivity contribution is -0.121. The van der Waals surface area contributed by atoms with Gasteiger partial charge in [-0.3, -0.25) is 14.4 Å². The number of Topliss-reactive ketones (excluding diaryl/α,β-unsaturated/α-hetero) is 1. The highest BCUT2D eigenvalue weighted by Crippen LogP contribution is 2.24. The molecule has 6 heteroatoms. The fraction of sp³-hybridized carbons (Fsp3) is 0.526. The second kappa shape index (κ2) is 8.52. The van der Waals surface area contributed by atoms with Crippen molar-refractivity contribution in [2.75, 3.05) is 23.4 Å². The van der Waals surface area contributed by atoms with E-state index in [4.69, 9.17) is 0 Å². The number of ketones is 1. The van der Waals surface area contributed by atoms with E-state index < -0.39 is 0 Å². The van der Waals surface area contributed by atoms with Crippen molar-refractivity contribution < 1.29 is 14.4 Å². The summed E-state index contributed by atoms with van der Waals surface area (Å²) in [5.41, 5.74) is 2.40. The number of carbonyl (C=O) groups is 3. The van der Waals surface area contributed by atoms with Crippen molar-refractivity contribution in [2.45, 2.75) is 38.5 Å². The number of hydrogen-bond acceptors (Lipinski definition) is 4. The van der Waals surface area contributed by atoms with E-state index in [0.29, 0.717) is 24.3 Å². The summed E-state index contributed by atoms with van der Waals surface area (Å²) in [6, 6.07) is 5.35. The van der Waals surface area contributed by atoms with E-state index in [1.54, 1.807) is 12.1 Å². The van der Waals surface area contributed by atoms with Gasteiger partial charge in [-0.25, -0.2) is 0 Å². The molecule has 3 rings (SSSR count). The average molecular weight is 360 g/mol. The molecule has 0 atom stereocenters. The minimum absolute atomic E-state index is 0.0137. The Bertz CT molecular complexity index is 669. The van der Waals surface area contributed by atoms with Gasteiger partial charge in [0.05, 0.1) is 0 Å². The smallest absolute Gasteiger partial charge is 0.224 e. The van der Waals surface area contributed by atoms with Crippen LogP contribution in [-0.4, -0.2) is 35.6 Å². The molecule has 2 N–H and O–H groups in total. The van der Waals surface area contributed by atoms with Gasteiger partial charge in [0.15, 0.2) is 5.78 Å². The number of thioether (sulfide) groups is 1. The third-order valence-electron chi connectivity index (χ3n) is 4.83. The van der Waals surface area contributed by atoms with Crippen molar-refractivity contribution in [1.29, 1.82) is 0 Å². The molecule has 2 amide bonds.